The number of nitrogens with zero attached hydrogens (tertiary/aromatic N) is 1. The number of carbonyl (C=O) groups excluding carboxylic acids is 1. The lowest BCUT2D eigenvalue weighted by atomic mass is 9.64. The average Bonchev–Trinajstić information content (AvgIpc) is 2.69. The number of aryl methyl sites for hydroxylation is 1. The molecular weight excluding hydrogens is 398 g/mol. The summed E-state index contributed by atoms with van der Waals surface area (Å²) in [5.74, 6) is -4.26. The number of hydrogen-bond acceptors (Lipinski definition) is 4. The number of benzene rings is 2. The van der Waals surface area contributed by atoms with Gasteiger partial charge >= 0.3 is 11.9 Å². The fourth-order valence-corrected chi connectivity index (χ4v) is 3.90. The zero-order valence-corrected chi connectivity index (χ0v) is 17.7. The lowest BCUT2D eigenvalue weighted by molar-refractivity contribution is -0.172. The second-order valence-corrected chi connectivity index (χ2v) is 7.97. The number of carbonyl (C=O) groups is 3. The molecule has 1 aliphatic carbocycles. The second kappa shape index (κ2) is 9.64. The van der Waals surface area contributed by atoms with Crippen LogP contribution in [0.4, 0.5) is 0 Å². The Morgan fingerprint density at radius 3 is 2.03 bits per heavy atom. The third-order valence-electron chi connectivity index (χ3n) is 5.65. The molecule has 3 atom stereocenters. The van der Waals surface area contributed by atoms with E-state index in [-0.39, 0.29) is 12.3 Å². The number of carboxylic acids is 2. The van der Waals surface area contributed by atoms with Crippen molar-refractivity contribution in [2.24, 2.45) is 17.8 Å². The molecule has 1 saturated carbocycles. The Hall–Kier alpha value is -3.35. The van der Waals surface area contributed by atoms with Gasteiger partial charge in [0.2, 0.25) is 5.91 Å². The van der Waals surface area contributed by atoms with E-state index in [1.165, 1.54) is 0 Å². The number of amides is 1. The molecule has 0 radical (unpaired) electrons. The Kier molecular flexibility index (Phi) is 6.95. The predicted molar refractivity (Wildman–Crippen MR) is 114 cm³/mol. The van der Waals surface area contributed by atoms with Crippen LogP contribution < -0.4 is 4.74 Å². The number of ether oxygens (including phenoxy) is 1. The Balaban J connectivity index is 1.66. The summed E-state index contributed by atoms with van der Waals surface area (Å²) in [5.41, 5.74) is 2.04. The SMILES string of the molecule is CCCN(Cc1ccc(Oc2ccc(C)cc2)cc1)C(=O)C1CC(C(=O)O)C1C(=O)O. The zero-order chi connectivity index (χ0) is 22.5. The lowest BCUT2D eigenvalue weighted by Crippen LogP contribution is -2.53. The summed E-state index contributed by atoms with van der Waals surface area (Å²) in [7, 11) is 0. The predicted octanol–water partition coefficient (Wildman–Crippen LogP) is 3.95. The minimum absolute atomic E-state index is 0.0642. The van der Waals surface area contributed by atoms with E-state index in [4.69, 9.17) is 4.74 Å². The van der Waals surface area contributed by atoms with Crippen molar-refractivity contribution in [3.63, 3.8) is 0 Å². The van der Waals surface area contributed by atoms with Crippen LogP contribution in [-0.2, 0) is 20.9 Å². The maximum atomic E-state index is 13.0. The topological polar surface area (TPSA) is 104 Å². The highest BCUT2D eigenvalue weighted by molar-refractivity contribution is 5.91. The highest BCUT2D eigenvalue weighted by atomic mass is 16.5. The van der Waals surface area contributed by atoms with Crippen molar-refractivity contribution in [1.29, 1.82) is 0 Å². The average molecular weight is 425 g/mol. The van der Waals surface area contributed by atoms with E-state index in [9.17, 15) is 24.6 Å². The van der Waals surface area contributed by atoms with Crippen molar-refractivity contribution >= 4 is 17.8 Å². The van der Waals surface area contributed by atoms with Crippen LogP contribution >= 0.6 is 0 Å². The summed E-state index contributed by atoms with van der Waals surface area (Å²) in [6, 6.07) is 15.1. The van der Waals surface area contributed by atoms with Gasteiger partial charge in [-0.25, -0.2) is 0 Å². The highest BCUT2D eigenvalue weighted by Crippen LogP contribution is 2.42. The van der Waals surface area contributed by atoms with E-state index < -0.39 is 29.7 Å². The summed E-state index contributed by atoms with van der Waals surface area (Å²) >= 11 is 0. The first-order chi connectivity index (χ1) is 14.8. The van der Waals surface area contributed by atoms with Gasteiger partial charge < -0.3 is 19.8 Å². The van der Waals surface area contributed by atoms with Crippen LogP contribution in [0.3, 0.4) is 0 Å². The van der Waals surface area contributed by atoms with Gasteiger partial charge in [0.25, 0.3) is 0 Å². The molecule has 0 spiro atoms. The van der Waals surface area contributed by atoms with Gasteiger partial charge in [0.1, 0.15) is 11.5 Å². The number of carboxylic acid groups (broad SMARTS) is 2. The molecule has 2 aromatic carbocycles. The molecule has 1 amide bonds. The third kappa shape index (κ3) is 5.23. The summed E-state index contributed by atoms with van der Waals surface area (Å²) < 4.78 is 5.83. The smallest absolute Gasteiger partial charge is 0.308 e. The van der Waals surface area contributed by atoms with Crippen LogP contribution in [0.2, 0.25) is 0 Å². The van der Waals surface area contributed by atoms with E-state index >= 15 is 0 Å². The monoisotopic (exact) mass is 425 g/mol. The molecule has 2 N–H and O–H groups in total. The Bertz CT molecular complexity index is 938. The Morgan fingerprint density at radius 2 is 1.52 bits per heavy atom. The maximum Gasteiger partial charge on any atom is 0.308 e. The van der Waals surface area contributed by atoms with Gasteiger partial charge in [-0.15, -0.1) is 0 Å². The minimum atomic E-state index is -1.23. The molecule has 3 rings (SSSR count). The first-order valence-electron chi connectivity index (χ1n) is 10.4. The maximum absolute atomic E-state index is 13.0. The first kappa shape index (κ1) is 22.3. The highest BCUT2D eigenvalue weighted by Gasteiger charge is 2.54. The van der Waals surface area contributed by atoms with Gasteiger partial charge in [-0.05, 0) is 49.6 Å². The Labute approximate surface area is 181 Å². The standard InChI is InChI=1S/C24H27NO6/c1-3-12-25(22(26)19-13-20(23(27)28)21(19)24(29)30)14-16-6-10-18(11-7-16)31-17-8-4-15(2)5-9-17/h4-11,19-21H,3,12-14H2,1-2H3,(H,27,28)(H,29,30). The minimum Gasteiger partial charge on any atom is -0.481 e. The summed E-state index contributed by atoms with van der Waals surface area (Å²) in [5, 5.41) is 18.6. The van der Waals surface area contributed by atoms with Crippen molar-refractivity contribution in [2.45, 2.75) is 33.2 Å². The van der Waals surface area contributed by atoms with Crippen molar-refractivity contribution in [1.82, 2.24) is 4.90 Å². The second-order valence-electron chi connectivity index (χ2n) is 7.97. The molecule has 1 aliphatic rings. The largest absolute Gasteiger partial charge is 0.481 e. The fraction of sp³-hybridized carbons (Fsp3) is 0.375. The van der Waals surface area contributed by atoms with Crippen molar-refractivity contribution < 1.29 is 29.3 Å². The van der Waals surface area contributed by atoms with Crippen LogP contribution in [0, 0.1) is 24.7 Å². The quantitative estimate of drug-likeness (QED) is 0.630. The molecule has 1 fully saturated rings. The van der Waals surface area contributed by atoms with Crippen LogP contribution in [0.25, 0.3) is 0 Å². The molecule has 7 nitrogen and oxygen atoms in total. The molecule has 0 saturated heterocycles. The number of rotatable bonds is 9. The van der Waals surface area contributed by atoms with Gasteiger partial charge in [-0.2, -0.15) is 0 Å². The van der Waals surface area contributed by atoms with E-state index in [0.29, 0.717) is 25.3 Å². The summed E-state index contributed by atoms with van der Waals surface area (Å²) in [4.78, 5) is 37.3. The molecule has 2 aromatic rings. The van der Waals surface area contributed by atoms with Gasteiger partial charge in [0, 0.05) is 13.1 Å². The summed E-state index contributed by atoms with van der Waals surface area (Å²) in [6.45, 7) is 4.75. The van der Waals surface area contributed by atoms with E-state index in [2.05, 4.69) is 0 Å². The van der Waals surface area contributed by atoms with Crippen molar-refractivity contribution in [3.8, 4) is 11.5 Å². The van der Waals surface area contributed by atoms with Crippen LogP contribution in [0.5, 0.6) is 11.5 Å². The lowest BCUT2D eigenvalue weighted by Gasteiger charge is -2.40. The first-order valence-corrected chi connectivity index (χ1v) is 10.4. The van der Waals surface area contributed by atoms with Gasteiger partial charge in [0.05, 0.1) is 17.8 Å². The van der Waals surface area contributed by atoms with Gasteiger partial charge in [0.15, 0.2) is 0 Å². The van der Waals surface area contributed by atoms with Gasteiger partial charge in [-0.3, -0.25) is 14.4 Å². The fourth-order valence-electron chi connectivity index (χ4n) is 3.90. The molecule has 31 heavy (non-hydrogen) atoms. The van der Waals surface area contributed by atoms with E-state index in [1.807, 2.05) is 62.4 Å². The molecule has 0 heterocycles. The normalized spacial score (nSPS) is 19.9. The zero-order valence-electron chi connectivity index (χ0n) is 17.7. The molecule has 0 aromatic heterocycles. The molecule has 0 bridgehead atoms. The van der Waals surface area contributed by atoms with Gasteiger partial charge in [-0.1, -0.05) is 36.8 Å². The summed E-state index contributed by atoms with van der Waals surface area (Å²) in [6.07, 6.45) is 0.780. The van der Waals surface area contributed by atoms with Crippen LogP contribution in [0.1, 0.15) is 30.9 Å². The van der Waals surface area contributed by atoms with Crippen LogP contribution in [-0.4, -0.2) is 39.5 Å². The van der Waals surface area contributed by atoms with E-state index in [1.54, 1.807) is 4.90 Å². The molecule has 7 heteroatoms. The van der Waals surface area contributed by atoms with E-state index in [0.717, 1.165) is 16.9 Å². The van der Waals surface area contributed by atoms with Crippen LogP contribution in [0.15, 0.2) is 48.5 Å². The third-order valence-corrected chi connectivity index (χ3v) is 5.65. The molecule has 0 aliphatic heterocycles. The molecular formula is C24H27NO6. The number of hydrogen-bond donors (Lipinski definition) is 2. The van der Waals surface area contributed by atoms with Crippen molar-refractivity contribution in [3.05, 3.63) is 59.7 Å². The molecule has 3 unspecified atom stereocenters. The molecule has 164 valence electrons. The number of aliphatic carboxylic acids is 2. The Morgan fingerprint density at radius 1 is 0.935 bits per heavy atom. The van der Waals surface area contributed by atoms with Crippen molar-refractivity contribution in [2.75, 3.05) is 6.54 Å².